The number of ether oxygens (including phenoxy) is 1. The van der Waals surface area contributed by atoms with Crippen LogP contribution in [0.15, 0.2) is 54.7 Å². The van der Waals surface area contributed by atoms with Gasteiger partial charge in [-0.2, -0.15) is 5.26 Å². The summed E-state index contributed by atoms with van der Waals surface area (Å²) in [7, 11) is 0. The molecule has 3 aromatic rings. The van der Waals surface area contributed by atoms with Crippen molar-refractivity contribution < 1.29 is 4.74 Å². The molecule has 27 heavy (non-hydrogen) atoms. The minimum atomic E-state index is 0.532. The van der Waals surface area contributed by atoms with Crippen molar-refractivity contribution in [3.8, 4) is 17.3 Å². The van der Waals surface area contributed by atoms with Crippen LogP contribution in [0.3, 0.4) is 0 Å². The van der Waals surface area contributed by atoms with Gasteiger partial charge in [0, 0.05) is 24.8 Å². The van der Waals surface area contributed by atoms with E-state index in [0.29, 0.717) is 24.5 Å². The molecule has 6 heteroatoms. The second-order valence-electron chi connectivity index (χ2n) is 6.06. The Balaban J connectivity index is 1.79. The Morgan fingerprint density at radius 1 is 1.11 bits per heavy atom. The van der Waals surface area contributed by atoms with E-state index in [4.69, 9.17) is 9.72 Å². The number of nitrogens with zero attached hydrogens (tertiary/aromatic N) is 4. The molecule has 0 aliphatic carbocycles. The summed E-state index contributed by atoms with van der Waals surface area (Å²) in [5, 5.41) is 10.6. The summed E-state index contributed by atoms with van der Waals surface area (Å²) >= 11 is 1.60. The number of nitriles is 1. The monoisotopic (exact) mass is 374 g/mol. The van der Waals surface area contributed by atoms with Crippen LogP contribution in [0.4, 0.5) is 5.13 Å². The van der Waals surface area contributed by atoms with E-state index in [1.54, 1.807) is 17.5 Å². The number of rotatable bonds is 4. The van der Waals surface area contributed by atoms with Crippen molar-refractivity contribution in [1.82, 2.24) is 9.97 Å². The van der Waals surface area contributed by atoms with E-state index in [9.17, 15) is 5.26 Å². The molecule has 0 unspecified atom stereocenters. The van der Waals surface area contributed by atoms with Crippen LogP contribution in [0.2, 0.25) is 0 Å². The molecular formula is C21H18N4OS. The largest absolute Gasteiger partial charge is 0.378 e. The molecule has 0 bridgehead atoms. The van der Waals surface area contributed by atoms with Gasteiger partial charge in [-0.25, -0.2) is 4.98 Å². The molecule has 1 aliphatic heterocycles. The summed E-state index contributed by atoms with van der Waals surface area (Å²) in [6, 6.07) is 17.9. The molecule has 2 aromatic heterocycles. The Hall–Kier alpha value is -3.01. The van der Waals surface area contributed by atoms with Gasteiger partial charge in [-0.3, -0.25) is 4.98 Å². The van der Waals surface area contributed by atoms with Crippen molar-refractivity contribution in [2.75, 3.05) is 31.2 Å². The number of aromatic nitrogens is 2. The van der Waals surface area contributed by atoms with E-state index in [2.05, 4.69) is 16.0 Å². The number of pyridine rings is 1. The molecule has 4 rings (SSSR count). The number of hydrogen-bond donors (Lipinski definition) is 0. The summed E-state index contributed by atoms with van der Waals surface area (Å²) in [6.07, 6.45) is 3.59. The zero-order chi connectivity index (χ0) is 18.5. The molecule has 0 atom stereocenters. The first-order chi connectivity index (χ1) is 13.3. The lowest BCUT2D eigenvalue weighted by molar-refractivity contribution is 0.122. The molecule has 0 amide bonds. The smallest absolute Gasteiger partial charge is 0.186 e. The first kappa shape index (κ1) is 17.4. The van der Waals surface area contributed by atoms with Gasteiger partial charge in [0.15, 0.2) is 5.13 Å². The molecule has 134 valence electrons. The summed E-state index contributed by atoms with van der Waals surface area (Å²) in [4.78, 5) is 12.4. The maximum Gasteiger partial charge on any atom is 0.186 e. The predicted octanol–water partition coefficient (Wildman–Crippen LogP) is 4.11. The van der Waals surface area contributed by atoms with Gasteiger partial charge >= 0.3 is 0 Å². The molecule has 0 N–H and O–H groups in total. The van der Waals surface area contributed by atoms with Gasteiger partial charge in [0.1, 0.15) is 6.07 Å². The first-order valence-corrected chi connectivity index (χ1v) is 9.59. The third-order valence-electron chi connectivity index (χ3n) is 4.31. The van der Waals surface area contributed by atoms with Crippen molar-refractivity contribution in [2.45, 2.75) is 0 Å². The Kier molecular flexibility index (Phi) is 5.24. The molecule has 1 fully saturated rings. The van der Waals surface area contributed by atoms with Crippen molar-refractivity contribution in [1.29, 1.82) is 5.26 Å². The molecule has 1 saturated heterocycles. The SMILES string of the molecule is N#C/C(=C\c1sc(N2CCOCC2)nc1-c1ccccc1)c1ccccn1. The third-order valence-corrected chi connectivity index (χ3v) is 5.37. The quantitative estimate of drug-likeness (QED) is 0.643. The first-order valence-electron chi connectivity index (χ1n) is 8.77. The van der Waals surface area contributed by atoms with Gasteiger partial charge in [-0.1, -0.05) is 47.7 Å². The van der Waals surface area contributed by atoms with Crippen LogP contribution in [0.25, 0.3) is 22.9 Å². The Morgan fingerprint density at radius 2 is 1.89 bits per heavy atom. The lowest BCUT2D eigenvalue weighted by Crippen LogP contribution is -2.36. The van der Waals surface area contributed by atoms with E-state index in [1.165, 1.54) is 0 Å². The molecule has 5 nitrogen and oxygen atoms in total. The standard InChI is InChI=1S/C21H18N4OS/c22-15-17(18-8-4-5-9-23-18)14-19-20(16-6-2-1-3-7-16)24-21(27-19)25-10-12-26-13-11-25/h1-9,14H,10-13H2/b17-14+. The van der Waals surface area contributed by atoms with Crippen molar-refractivity contribution in [3.63, 3.8) is 0 Å². The maximum atomic E-state index is 9.66. The third kappa shape index (κ3) is 3.90. The van der Waals surface area contributed by atoms with Crippen molar-refractivity contribution in [2.24, 2.45) is 0 Å². The zero-order valence-electron chi connectivity index (χ0n) is 14.7. The van der Waals surface area contributed by atoms with Crippen LogP contribution in [-0.2, 0) is 4.74 Å². The topological polar surface area (TPSA) is 62.0 Å². The number of thiazole rings is 1. The summed E-state index contributed by atoms with van der Waals surface area (Å²) < 4.78 is 5.45. The number of morpholine rings is 1. The zero-order valence-corrected chi connectivity index (χ0v) is 15.5. The van der Waals surface area contributed by atoms with Crippen LogP contribution < -0.4 is 4.90 Å². The van der Waals surface area contributed by atoms with Gasteiger partial charge in [-0.05, 0) is 18.2 Å². The van der Waals surface area contributed by atoms with Crippen LogP contribution in [0.5, 0.6) is 0 Å². The number of anilines is 1. The summed E-state index contributed by atoms with van der Waals surface area (Å²) in [6.45, 7) is 3.08. The van der Waals surface area contributed by atoms with Crippen LogP contribution >= 0.6 is 11.3 Å². The van der Waals surface area contributed by atoms with Crippen LogP contribution in [0.1, 0.15) is 10.6 Å². The van der Waals surface area contributed by atoms with Gasteiger partial charge < -0.3 is 9.64 Å². The van der Waals surface area contributed by atoms with E-state index in [1.807, 2.05) is 54.6 Å². The lowest BCUT2D eigenvalue weighted by Gasteiger charge is -2.26. The maximum absolute atomic E-state index is 9.66. The second-order valence-corrected chi connectivity index (χ2v) is 7.07. The minimum absolute atomic E-state index is 0.532. The number of allylic oxidation sites excluding steroid dienone is 1. The summed E-state index contributed by atoms with van der Waals surface area (Å²) in [5.41, 5.74) is 3.13. The van der Waals surface area contributed by atoms with Crippen molar-refractivity contribution >= 4 is 28.1 Å². The van der Waals surface area contributed by atoms with Gasteiger partial charge in [-0.15, -0.1) is 0 Å². The number of benzene rings is 1. The van der Waals surface area contributed by atoms with Crippen LogP contribution in [-0.4, -0.2) is 36.3 Å². The fourth-order valence-corrected chi connectivity index (χ4v) is 4.01. The highest BCUT2D eigenvalue weighted by Gasteiger charge is 2.19. The average molecular weight is 374 g/mol. The normalized spacial score (nSPS) is 14.8. The molecule has 0 spiro atoms. The molecule has 0 radical (unpaired) electrons. The predicted molar refractivity (Wildman–Crippen MR) is 108 cm³/mol. The molecule has 1 aromatic carbocycles. The van der Waals surface area contributed by atoms with E-state index >= 15 is 0 Å². The Bertz CT molecular complexity index is 970. The van der Waals surface area contributed by atoms with E-state index in [0.717, 1.165) is 34.4 Å². The Labute approximate surface area is 162 Å². The number of hydrogen-bond acceptors (Lipinski definition) is 6. The molecular weight excluding hydrogens is 356 g/mol. The highest BCUT2D eigenvalue weighted by molar-refractivity contribution is 7.17. The lowest BCUT2D eigenvalue weighted by atomic mass is 10.1. The van der Waals surface area contributed by atoms with Gasteiger partial charge in [0.2, 0.25) is 0 Å². The molecule has 0 saturated carbocycles. The van der Waals surface area contributed by atoms with E-state index < -0.39 is 0 Å². The van der Waals surface area contributed by atoms with Crippen molar-refractivity contribution in [3.05, 3.63) is 65.3 Å². The molecule has 1 aliphatic rings. The highest BCUT2D eigenvalue weighted by atomic mass is 32.1. The molecule has 3 heterocycles. The average Bonchev–Trinajstić information content (AvgIpc) is 3.18. The van der Waals surface area contributed by atoms with E-state index in [-0.39, 0.29) is 0 Å². The second kappa shape index (κ2) is 8.12. The minimum Gasteiger partial charge on any atom is -0.378 e. The fraction of sp³-hybridized carbons (Fsp3) is 0.190. The fourth-order valence-electron chi connectivity index (χ4n) is 2.93. The van der Waals surface area contributed by atoms with Gasteiger partial charge in [0.05, 0.1) is 35.1 Å². The highest BCUT2D eigenvalue weighted by Crippen LogP contribution is 2.35. The van der Waals surface area contributed by atoms with Gasteiger partial charge in [0.25, 0.3) is 0 Å². The summed E-state index contributed by atoms with van der Waals surface area (Å²) in [5.74, 6) is 0. The Morgan fingerprint density at radius 3 is 2.59 bits per heavy atom. The van der Waals surface area contributed by atoms with Crippen LogP contribution in [0, 0.1) is 11.3 Å².